The fourth-order valence-corrected chi connectivity index (χ4v) is 4.35. The molecule has 0 unspecified atom stereocenters. The number of carbonyl (C=O) groups is 1. The van der Waals surface area contributed by atoms with Gasteiger partial charge in [-0.15, -0.1) is 0 Å². The van der Waals surface area contributed by atoms with Gasteiger partial charge in [-0.3, -0.25) is 4.79 Å². The van der Waals surface area contributed by atoms with E-state index in [1.54, 1.807) is 12.1 Å². The molecule has 3 aromatic rings. The molecule has 3 rings (SSSR count). The molecule has 2 aromatic carbocycles. The Labute approximate surface area is 169 Å². The summed E-state index contributed by atoms with van der Waals surface area (Å²) in [6.07, 6.45) is -0.122. The van der Waals surface area contributed by atoms with Crippen molar-refractivity contribution in [2.24, 2.45) is 0 Å². The first-order valence-electron chi connectivity index (χ1n) is 8.80. The van der Waals surface area contributed by atoms with Gasteiger partial charge in [-0.25, -0.2) is 8.42 Å². The maximum absolute atomic E-state index is 12.3. The Morgan fingerprint density at radius 1 is 0.929 bits per heavy atom. The predicted octanol–water partition coefficient (Wildman–Crippen LogP) is 4.55. The standard InChI is InChI=1S/C21H21ClN2O3S/c1-15-3-4-16(2)24(15)19-9-7-18(8-10-19)23-21(25)13-14-28(26,27)20-11-5-17(22)6-12-20/h3-12H,13-14H2,1-2H3,(H,23,25). The Hall–Kier alpha value is -2.57. The highest BCUT2D eigenvalue weighted by Crippen LogP contribution is 2.19. The Bertz CT molecular complexity index is 1070. The van der Waals surface area contributed by atoms with Crippen molar-refractivity contribution in [3.05, 3.63) is 77.1 Å². The summed E-state index contributed by atoms with van der Waals surface area (Å²) in [7, 11) is -3.53. The zero-order valence-corrected chi connectivity index (χ0v) is 17.2. The van der Waals surface area contributed by atoms with E-state index in [0.29, 0.717) is 10.7 Å². The average Bonchev–Trinajstić information content (AvgIpc) is 3.00. The van der Waals surface area contributed by atoms with Crippen LogP contribution in [0.4, 0.5) is 5.69 Å². The second-order valence-corrected chi connectivity index (χ2v) is 9.11. The molecule has 0 saturated heterocycles. The van der Waals surface area contributed by atoms with Crippen LogP contribution in [0, 0.1) is 13.8 Å². The van der Waals surface area contributed by atoms with E-state index in [0.717, 1.165) is 17.1 Å². The normalized spacial score (nSPS) is 11.4. The molecule has 0 saturated carbocycles. The third-order valence-electron chi connectivity index (χ3n) is 4.45. The summed E-state index contributed by atoms with van der Waals surface area (Å²) in [5, 5.41) is 3.21. The zero-order valence-electron chi connectivity index (χ0n) is 15.6. The van der Waals surface area contributed by atoms with Crippen LogP contribution in [0.3, 0.4) is 0 Å². The first-order valence-corrected chi connectivity index (χ1v) is 10.8. The Balaban J connectivity index is 1.61. The Kier molecular flexibility index (Phi) is 5.91. The van der Waals surface area contributed by atoms with E-state index in [1.165, 1.54) is 24.3 Å². The molecule has 0 radical (unpaired) electrons. The van der Waals surface area contributed by atoms with Gasteiger partial charge in [-0.2, -0.15) is 0 Å². The molecule has 0 fully saturated rings. The Morgan fingerprint density at radius 2 is 1.50 bits per heavy atom. The highest BCUT2D eigenvalue weighted by atomic mass is 35.5. The van der Waals surface area contributed by atoms with Gasteiger partial charge >= 0.3 is 0 Å². The summed E-state index contributed by atoms with van der Waals surface area (Å²) < 4.78 is 26.7. The summed E-state index contributed by atoms with van der Waals surface area (Å²) in [5.74, 6) is -0.612. The van der Waals surface area contributed by atoms with Gasteiger partial charge in [-0.1, -0.05) is 11.6 Å². The van der Waals surface area contributed by atoms with Crippen molar-refractivity contribution in [1.82, 2.24) is 4.57 Å². The molecule has 0 bridgehead atoms. The molecule has 146 valence electrons. The number of amides is 1. The maximum atomic E-state index is 12.3. The molecule has 0 spiro atoms. The number of nitrogens with one attached hydrogen (secondary N) is 1. The van der Waals surface area contributed by atoms with Crippen LogP contribution in [0.1, 0.15) is 17.8 Å². The van der Waals surface area contributed by atoms with Crippen molar-refractivity contribution in [1.29, 1.82) is 0 Å². The topological polar surface area (TPSA) is 68.2 Å². The largest absolute Gasteiger partial charge is 0.326 e. The van der Waals surface area contributed by atoms with E-state index in [-0.39, 0.29) is 23.0 Å². The number of halogens is 1. The summed E-state index contributed by atoms with van der Waals surface area (Å²) in [4.78, 5) is 12.3. The Morgan fingerprint density at radius 3 is 2.07 bits per heavy atom. The number of aromatic nitrogens is 1. The van der Waals surface area contributed by atoms with Crippen LogP contribution in [0.15, 0.2) is 65.6 Å². The lowest BCUT2D eigenvalue weighted by Crippen LogP contribution is -2.17. The number of aryl methyl sites for hydroxylation is 2. The third-order valence-corrected chi connectivity index (χ3v) is 6.43. The monoisotopic (exact) mass is 416 g/mol. The van der Waals surface area contributed by atoms with Crippen molar-refractivity contribution < 1.29 is 13.2 Å². The van der Waals surface area contributed by atoms with Crippen LogP contribution < -0.4 is 5.32 Å². The molecule has 0 aliphatic heterocycles. The van der Waals surface area contributed by atoms with Crippen LogP contribution in [0.25, 0.3) is 5.69 Å². The quantitative estimate of drug-likeness (QED) is 0.640. The van der Waals surface area contributed by atoms with Gasteiger partial charge in [0.25, 0.3) is 0 Å². The van der Waals surface area contributed by atoms with E-state index < -0.39 is 9.84 Å². The minimum Gasteiger partial charge on any atom is -0.326 e. The molecule has 1 aromatic heterocycles. The smallest absolute Gasteiger partial charge is 0.225 e. The van der Waals surface area contributed by atoms with Gasteiger partial charge in [-0.05, 0) is 74.5 Å². The SMILES string of the molecule is Cc1ccc(C)n1-c1ccc(NC(=O)CCS(=O)(=O)c2ccc(Cl)cc2)cc1. The summed E-state index contributed by atoms with van der Waals surface area (Å²) in [6, 6.07) is 17.5. The first-order chi connectivity index (χ1) is 13.3. The van der Waals surface area contributed by atoms with Gasteiger partial charge in [0.1, 0.15) is 0 Å². The van der Waals surface area contributed by atoms with Crippen molar-refractivity contribution in [2.45, 2.75) is 25.2 Å². The number of rotatable bonds is 6. The molecule has 1 heterocycles. The van der Waals surface area contributed by atoms with Crippen molar-refractivity contribution in [3.63, 3.8) is 0 Å². The van der Waals surface area contributed by atoms with E-state index in [2.05, 4.69) is 9.88 Å². The van der Waals surface area contributed by atoms with Gasteiger partial charge in [0.2, 0.25) is 5.91 Å². The predicted molar refractivity (Wildman–Crippen MR) is 112 cm³/mol. The molecule has 5 nitrogen and oxygen atoms in total. The fourth-order valence-electron chi connectivity index (χ4n) is 2.98. The van der Waals surface area contributed by atoms with E-state index in [9.17, 15) is 13.2 Å². The van der Waals surface area contributed by atoms with Gasteiger partial charge < -0.3 is 9.88 Å². The zero-order chi connectivity index (χ0) is 20.3. The molecular formula is C21H21ClN2O3S. The maximum Gasteiger partial charge on any atom is 0.225 e. The minimum atomic E-state index is -3.53. The van der Waals surface area contributed by atoms with Crippen LogP contribution in [-0.4, -0.2) is 24.6 Å². The van der Waals surface area contributed by atoms with Crippen LogP contribution in [0.2, 0.25) is 5.02 Å². The highest BCUT2D eigenvalue weighted by Gasteiger charge is 2.16. The molecule has 1 N–H and O–H groups in total. The van der Waals surface area contributed by atoms with Crippen LogP contribution in [-0.2, 0) is 14.6 Å². The number of hydrogen-bond acceptors (Lipinski definition) is 3. The lowest BCUT2D eigenvalue weighted by atomic mass is 10.2. The number of benzene rings is 2. The van der Waals surface area contributed by atoms with E-state index in [1.807, 2.05) is 38.1 Å². The minimum absolute atomic E-state index is 0.122. The molecule has 1 amide bonds. The lowest BCUT2D eigenvalue weighted by Gasteiger charge is -2.11. The molecule has 0 aliphatic carbocycles. The molecular weight excluding hydrogens is 396 g/mol. The van der Waals surface area contributed by atoms with Crippen LogP contribution in [0.5, 0.6) is 0 Å². The average molecular weight is 417 g/mol. The summed E-state index contributed by atoms with van der Waals surface area (Å²) >= 11 is 5.78. The van der Waals surface area contributed by atoms with E-state index in [4.69, 9.17) is 11.6 Å². The number of anilines is 1. The second-order valence-electron chi connectivity index (χ2n) is 6.57. The second kappa shape index (κ2) is 8.20. The highest BCUT2D eigenvalue weighted by molar-refractivity contribution is 7.91. The van der Waals surface area contributed by atoms with Crippen LogP contribution >= 0.6 is 11.6 Å². The molecule has 28 heavy (non-hydrogen) atoms. The number of hydrogen-bond donors (Lipinski definition) is 1. The molecule has 7 heteroatoms. The first kappa shape index (κ1) is 20.2. The van der Waals surface area contributed by atoms with Gasteiger partial charge in [0.05, 0.1) is 10.6 Å². The van der Waals surface area contributed by atoms with Gasteiger partial charge in [0, 0.05) is 34.2 Å². The molecule has 0 aliphatic rings. The number of carbonyl (C=O) groups excluding carboxylic acids is 1. The van der Waals surface area contributed by atoms with Gasteiger partial charge in [0.15, 0.2) is 9.84 Å². The summed E-state index contributed by atoms with van der Waals surface area (Å²) in [6.45, 7) is 4.06. The van der Waals surface area contributed by atoms with Crippen molar-refractivity contribution in [2.75, 3.05) is 11.1 Å². The lowest BCUT2D eigenvalue weighted by molar-refractivity contribution is -0.115. The summed E-state index contributed by atoms with van der Waals surface area (Å²) in [5.41, 5.74) is 3.88. The van der Waals surface area contributed by atoms with Crippen molar-refractivity contribution in [3.8, 4) is 5.69 Å². The number of nitrogens with zero attached hydrogens (tertiary/aromatic N) is 1. The van der Waals surface area contributed by atoms with Crippen molar-refractivity contribution >= 4 is 33.0 Å². The molecule has 0 atom stereocenters. The number of sulfone groups is 1. The third kappa shape index (κ3) is 4.64. The van der Waals surface area contributed by atoms with E-state index >= 15 is 0 Å². The fraction of sp³-hybridized carbons (Fsp3) is 0.190.